The minimum atomic E-state index is -3.86. The Balaban J connectivity index is 1.38. The molecule has 0 fully saturated rings. The number of hydrogen-bond donors (Lipinski definition) is 2. The number of carbonyl (C=O) groups excluding carboxylic acids is 1. The van der Waals surface area contributed by atoms with Gasteiger partial charge in [0.2, 0.25) is 0 Å². The molecule has 7 heteroatoms. The molecule has 4 aromatic rings. The van der Waals surface area contributed by atoms with Crippen LogP contribution in [0, 0.1) is 0 Å². The van der Waals surface area contributed by atoms with Gasteiger partial charge in [-0.25, -0.2) is 8.42 Å². The first-order valence-corrected chi connectivity index (χ1v) is 11.2. The molecule has 1 aliphatic rings. The maximum absolute atomic E-state index is 13.1. The highest BCUT2D eigenvalue weighted by Gasteiger charge is 2.26. The van der Waals surface area contributed by atoms with E-state index in [0.717, 1.165) is 5.56 Å². The van der Waals surface area contributed by atoms with Crippen molar-refractivity contribution in [3.8, 4) is 5.75 Å². The van der Waals surface area contributed by atoms with E-state index in [0.29, 0.717) is 40.1 Å². The number of ether oxygens (including phenoxy) is 1. The van der Waals surface area contributed by atoms with E-state index in [1.54, 1.807) is 48.5 Å². The zero-order valence-corrected chi connectivity index (χ0v) is 17.1. The molecule has 1 amide bonds. The van der Waals surface area contributed by atoms with Crippen LogP contribution in [0.2, 0.25) is 0 Å². The quantitative estimate of drug-likeness (QED) is 0.461. The first kappa shape index (κ1) is 19.1. The van der Waals surface area contributed by atoms with Crippen LogP contribution in [0.3, 0.4) is 0 Å². The molecule has 0 spiro atoms. The lowest BCUT2D eigenvalue weighted by Crippen LogP contribution is -2.13. The van der Waals surface area contributed by atoms with Crippen LogP contribution < -0.4 is 14.8 Å². The minimum Gasteiger partial charge on any atom is -0.489 e. The Morgan fingerprint density at radius 1 is 0.839 bits per heavy atom. The lowest BCUT2D eigenvalue weighted by atomic mass is 10.1. The molecule has 0 saturated heterocycles. The number of sulfonamides is 1. The Morgan fingerprint density at radius 2 is 1.61 bits per heavy atom. The molecular weight excluding hydrogens is 412 g/mol. The molecule has 2 N–H and O–H groups in total. The standard InChI is InChI=1S/C24H18N2O4S/c27-24-20-8-4-7-19-22(14-13-21(25-24)23(19)20)31(28,29)26-17-9-11-18(12-10-17)30-15-16-5-2-1-3-6-16/h1-14,26H,15H2,(H,25,27). The monoisotopic (exact) mass is 430 g/mol. The number of hydrogen-bond acceptors (Lipinski definition) is 4. The molecule has 4 aromatic carbocycles. The molecule has 0 saturated carbocycles. The predicted molar refractivity (Wildman–Crippen MR) is 120 cm³/mol. The van der Waals surface area contributed by atoms with Gasteiger partial charge in [-0.2, -0.15) is 0 Å². The Labute approximate surface area is 179 Å². The Morgan fingerprint density at radius 3 is 2.39 bits per heavy atom. The van der Waals surface area contributed by atoms with Crippen LogP contribution in [-0.2, 0) is 16.6 Å². The number of nitrogens with one attached hydrogen (secondary N) is 2. The zero-order valence-electron chi connectivity index (χ0n) is 16.3. The van der Waals surface area contributed by atoms with Crippen LogP contribution in [0.15, 0.2) is 89.8 Å². The Hall–Kier alpha value is -3.84. The maximum atomic E-state index is 13.1. The Kier molecular flexibility index (Phi) is 4.60. The lowest BCUT2D eigenvalue weighted by molar-refractivity contribution is 0.103. The highest BCUT2D eigenvalue weighted by Crippen LogP contribution is 2.37. The van der Waals surface area contributed by atoms with Gasteiger partial charge in [0.05, 0.1) is 4.90 Å². The number of anilines is 2. The first-order valence-electron chi connectivity index (χ1n) is 9.68. The lowest BCUT2D eigenvalue weighted by Gasteiger charge is -2.12. The smallest absolute Gasteiger partial charge is 0.262 e. The third-order valence-corrected chi connectivity index (χ3v) is 6.58. The molecule has 0 atom stereocenters. The molecule has 1 aliphatic heterocycles. The van der Waals surface area contributed by atoms with Crippen LogP contribution in [-0.4, -0.2) is 14.3 Å². The summed E-state index contributed by atoms with van der Waals surface area (Å²) in [6.07, 6.45) is 0. The average Bonchev–Trinajstić information content (AvgIpc) is 3.11. The van der Waals surface area contributed by atoms with Gasteiger partial charge >= 0.3 is 0 Å². The van der Waals surface area contributed by atoms with E-state index in [4.69, 9.17) is 4.74 Å². The van der Waals surface area contributed by atoms with Gasteiger partial charge in [0.15, 0.2) is 0 Å². The summed E-state index contributed by atoms with van der Waals surface area (Å²) >= 11 is 0. The van der Waals surface area contributed by atoms with Crippen molar-refractivity contribution < 1.29 is 17.9 Å². The third kappa shape index (κ3) is 3.60. The van der Waals surface area contributed by atoms with Gasteiger partial charge in [-0.1, -0.05) is 42.5 Å². The number of rotatable bonds is 6. The second-order valence-corrected chi connectivity index (χ2v) is 8.85. The van der Waals surface area contributed by atoms with Crippen LogP contribution in [0.4, 0.5) is 11.4 Å². The van der Waals surface area contributed by atoms with Crippen molar-refractivity contribution >= 4 is 38.1 Å². The van der Waals surface area contributed by atoms with Crippen molar-refractivity contribution in [3.05, 3.63) is 96.1 Å². The highest BCUT2D eigenvalue weighted by atomic mass is 32.2. The molecule has 5 rings (SSSR count). The van der Waals surface area contributed by atoms with Crippen molar-refractivity contribution in [1.82, 2.24) is 0 Å². The maximum Gasteiger partial charge on any atom is 0.262 e. The number of carbonyl (C=O) groups is 1. The molecule has 1 heterocycles. The molecule has 0 unspecified atom stereocenters. The normalized spacial score (nSPS) is 12.6. The van der Waals surface area contributed by atoms with Crippen molar-refractivity contribution in [2.75, 3.05) is 10.0 Å². The SMILES string of the molecule is O=C1Nc2ccc(S(=O)(=O)Nc3ccc(OCc4ccccc4)cc3)c3cccc1c23. The Bertz CT molecular complexity index is 1400. The topological polar surface area (TPSA) is 84.5 Å². The fraction of sp³-hybridized carbons (Fsp3) is 0.0417. The van der Waals surface area contributed by atoms with E-state index in [1.807, 2.05) is 30.3 Å². The molecule has 0 aliphatic carbocycles. The molecule has 0 radical (unpaired) electrons. The van der Waals surface area contributed by atoms with Crippen LogP contribution in [0.25, 0.3) is 10.8 Å². The van der Waals surface area contributed by atoms with Gasteiger partial charge in [-0.05, 0) is 48.0 Å². The summed E-state index contributed by atoms with van der Waals surface area (Å²) in [7, 11) is -3.86. The molecule has 154 valence electrons. The van der Waals surface area contributed by atoms with Gasteiger partial charge in [-0.3, -0.25) is 9.52 Å². The summed E-state index contributed by atoms with van der Waals surface area (Å²) in [5, 5.41) is 3.89. The molecule has 0 bridgehead atoms. The van der Waals surface area contributed by atoms with E-state index in [-0.39, 0.29) is 10.8 Å². The van der Waals surface area contributed by atoms with Crippen molar-refractivity contribution in [3.63, 3.8) is 0 Å². The minimum absolute atomic E-state index is 0.119. The van der Waals surface area contributed by atoms with Gasteiger partial charge < -0.3 is 10.1 Å². The zero-order chi connectivity index (χ0) is 21.4. The number of benzene rings is 4. The largest absolute Gasteiger partial charge is 0.489 e. The molecule has 0 aromatic heterocycles. The molecular formula is C24H18N2O4S. The van der Waals surface area contributed by atoms with Gasteiger partial charge in [0.1, 0.15) is 12.4 Å². The summed E-state index contributed by atoms with van der Waals surface area (Å²) in [6.45, 7) is 0.430. The fourth-order valence-electron chi connectivity index (χ4n) is 3.67. The van der Waals surface area contributed by atoms with E-state index in [2.05, 4.69) is 10.0 Å². The van der Waals surface area contributed by atoms with Gasteiger partial charge in [0, 0.05) is 27.7 Å². The van der Waals surface area contributed by atoms with Crippen LogP contribution in [0.5, 0.6) is 5.75 Å². The second-order valence-electron chi connectivity index (χ2n) is 7.20. The van der Waals surface area contributed by atoms with Gasteiger partial charge in [0.25, 0.3) is 15.9 Å². The van der Waals surface area contributed by atoms with Crippen molar-refractivity contribution in [2.45, 2.75) is 11.5 Å². The summed E-state index contributed by atoms with van der Waals surface area (Å²) < 4.78 is 34.5. The second kappa shape index (κ2) is 7.45. The van der Waals surface area contributed by atoms with E-state index in [9.17, 15) is 13.2 Å². The molecule has 31 heavy (non-hydrogen) atoms. The summed E-state index contributed by atoms with van der Waals surface area (Å²) in [5.74, 6) is 0.413. The average molecular weight is 430 g/mol. The van der Waals surface area contributed by atoms with Crippen LogP contribution >= 0.6 is 0 Å². The van der Waals surface area contributed by atoms with E-state index >= 15 is 0 Å². The van der Waals surface area contributed by atoms with E-state index in [1.165, 1.54) is 6.07 Å². The van der Waals surface area contributed by atoms with E-state index < -0.39 is 10.0 Å². The molecule has 6 nitrogen and oxygen atoms in total. The predicted octanol–water partition coefficient (Wildman–Crippen LogP) is 4.79. The van der Waals surface area contributed by atoms with Crippen molar-refractivity contribution in [1.29, 1.82) is 0 Å². The summed E-state index contributed by atoms with van der Waals surface area (Å²) in [4.78, 5) is 12.2. The third-order valence-electron chi connectivity index (χ3n) is 5.14. The van der Waals surface area contributed by atoms with Crippen LogP contribution in [0.1, 0.15) is 15.9 Å². The summed E-state index contributed by atoms with van der Waals surface area (Å²) in [6, 6.07) is 24.7. The first-order chi connectivity index (χ1) is 15.0. The van der Waals surface area contributed by atoms with Gasteiger partial charge in [-0.15, -0.1) is 0 Å². The summed E-state index contributed by atoms with van der Waals surface area (Å²) in [5.41, 5.74) is 2.57. The van der Waals surface area contributed by atoms with Crippen molar-refractivity contribution in [2.24, 2.45) is 0 Å². The highest BCUT2D eigenvalue weighted by molar-refractivity contribution is 7.93. The fourth-order valence-corrected chi connectivity index (χ4v) is 4.93. The number of amides is 1.